The van der Waals surface area contributed by atoms with Crippen LogP contribution in [0.4, 0.5) is 0 Å². The number of halogens is 2. The van der Waals surface area contributed by atoms with E-state index in [2.05, 4.69) is 0 Å². The summed E-state index contributed by atoms with van der Waals surface area (Å²) < 4.78 is 10.8. The number of hydrogen-bond donors (Lipinski definition) is 0. The molecule has 0 atom stereocenters. The summed E-state index contributed by atoms with van der Waals surface area (Å²) in [6.07, 6.45) is 0.0539. The lowest BCUT2D eigenvalue weighted by Gasteiger charge is -2.15. The molecule has 0 aliphatic rings. The van der Waals surface area contributed by atoms with Gasteiger partial charge in [-0.15, -0.1) is 11.6 Å². The zero-order chi connectivity index (χ0) is 11.4. The first kappa shape index (κ1) is 12.5. The van der Waals surface area contributed by atoms with Crippen molar-refractivity contribution in [3.8, 4) is 11.5 Å². The number of rotatable bonds is 4. The van der Waals surface area contributed by atoms with Crippen molar-refractivity contribution in [2.45, 2.75) is 25.8 Å². The van der Waals surface area contributed by atoms with Gasteiger partial charge in [-0.1, -0.05) is 11.6 Å². The second-order valence-corrected chi connectivity index (χ2v) is 4.08. The quantitative estimate of drug-likeness (QED) is 0.754. The van der Waals surface area contributed by atoms with E-state index in [-0.39, 0.29) is 6.10 Å². The lowest BCUT2D eigenvalue weighted by atomic mass is 10.2. The van der Waals surface area contributed by atoms with E-state index in [9.17, 15) is 0 Å². The molecule has 2 nitrogen and oxygen atoms in total. The van der Waals surface area contributed by atoms with E-state index in [4.69, 9.17) is 32.7 Å². The summed E-state index contributed by atoms with van der Waals surface area (Å²) in [5.41, 5.74) is 0.912. The van der Waals surface area contributed by atoms with Crippen molar-refractivity contribution in [1.82, 2.24) is 0 Å². The third-order valence-corrected chi connectivity index (χ3v) is 2.39. The maximum Gasteiger partial charge on any atom is 0.180 e. The van der Waals surface area contributed by atoms with E-state index in [1.165, 1.54) is 0 Å². The van der Waals surface area contributed by atoms with Crippen LogP contribution in [0, 0.1) is 0 Å². The van der Waals surface area contributed by atoms with E-state index < -0.39 is 0 Å². The van der Waals surface area contributed by atoms with Gasteiger partial charge in [0.15, 0.2) is 11.5 Å². The molecule has 0 bridgehead atoms. The largest absolute Gasteiger partial charge is 0.493 e. The van der Waals surface area contributed by atoms with E-state index in [1.54, 1.807) is 13.2 Å². The molecule has 0 unspecified atom stereocenters. The molecule has 0 radical (unpaired) electrons. The number of hydrogen-bond acceptors (Lipinski definition) is 2. The van der Waals surface area contributed by atoms with Crippen LogP contribution in [0.2, 0.25) is 5.02 Å². The first-order valence-electron chi connectivity index (χ1n) is 4.67. The molecule has 0 aromatic heterocycles. The second kappa shape index (κ2) is 5.47. The third kappa shape index (κ3) is 3.18. The molecule has 0 heterocycles. The van der Waals surface area contributed by atoms with Gasteiger partial charge in [0.2, 0.25) is 0 Å². The van der Waals surface area contributed by atoms with Crippen LogP contribution in [0.1, 0.15) is 19.4 Å². The Morgan fingerprint density at radius 3 is 2.47 bits per heavy atom. The lowest BCUT2D eigenvalue weighted by molar-refractivity contribution is 0.230. The standard InChI is InChI=1S/C11H14Cl2O2/c1-7(2)15-11-9(13)4-8(6-12)5-10(11)14-3/h4-5,7H,6H2,1-3H3. The number of methoxy groups -OCH3 is 1. The van der Waals surface area contributed by atoms with Crippen LogP contribution in [-0.4, -0.2) is 13.2 Å². The van der Waals surface area contributed by atoms with Crippen LogP contribution in [-0.2, 0) is 5.88 Å². The summed E-state index contributed by atoms with van der Waals surface area (Å²) in [4.78, 5) is 0. The van der Waals surface area contributed by atoms with Gasteiger partial charge in [0.05, 0.1) is 18.2 Å². The van der Waals surface area contributed by atoms with Crippen LogP contribution in [0.15, 0.2) is 12.1 Å². The summed E-state index contributed by atoms with van der Waals surface area (Å²) >= 11 is 11.8. The Morgan fingerprint density at radius 2 is 2.00 bits per heavy atom. The molecule has 0 fully saturated rings. The van der Waals surface area contributed by atoms with Crippen molar-refractivity contribution in [3.63, 3.8) is 0 Å². The molecule has 0 aliphatic heterocycles. The van der Waals surface area contributed by atoms with Crippen LogP contribution < -0.4 is 9.47 Å². The Bertz CT molecular complexity index is 338. The van der Waals surface area contributed by atoms with Gasteiger partial charge in [0.25, 0.3) is 0 Å². The van der Waals surface area contributed by atoms with Crippen molar-refractivity contribution in [2.24, 2.45) is 0 Å². The van der Waals surface area contributed by atoms with Crippen molar-refractivity contribution in [2.75, 3.05) is 7.11 Å². The number of benzene rings is 1. The summed E-state index contributed by atoms with van der Waals surface area (Å²) in [5, 5.41) is 0.527. The highest BCUT2D eigenvalue weighted by molar-refractivity contribution is 6.32. The maximum absolute atomic E-state index is 6.07. The smallest absolute Gasteiger partial charge is 0.180 e. The summed E-state index contributed by atoms with van der Waals surface area (Å²) in [6.45, 7) is 3.87. The Kier molecular flexibility index (Phi) is 4.55. The first-order valence-corrected chi connectivity index (χ1v) is 5.58. The molecule has 84 valence electrons. The minimum Gasteiger partial charge on any atom is -0.493 e. The van der Waals surface area contributed by atoms with Gasteiger partial charge in [-0.3, -0.25) is 0 Å². The average molecular weight is 249 g/mol. The van der Waals surface area contributed by atoms with E-state index in [0.717, 1.165) is 5.56 Å². The normalized spacial score (nSPS) is 10.5. The van der Waals surface area contributed by atoms with Gasteiger partial charge >= 0.3 is 0 Å². The monoisotopic (exact) mass is 248 g/mol. The van der Waals surface area contributed by atoms with Gasteiger partial charge in [0.1, 0.15) is 0 Å². The fraction of sp³-hybridized carbons (Fsp3) is 0.455. The highest BCUT2D eigenvalue weighted by Crippen LogP contribution is 2.37. The fourth-order valence-corrected chi connectivity index (χ4v) is 1.63. The molecule has 0 amide bonds. The van der Waals surface area contributed by atoms with Gasteiger partial charge in [-0.2, -0.15) is 0 Å². The predicted molar refractivity (Wildman–Crippen MR) is 63.3 cm³/mol. The van der Waals surface area contributed by atoms with E-state index >= 15 is 0 Å². The minimum absolute atomic E-state index is 0.0539. The third-order valence-electron chi connectivity index (χ3n) is 1.80. The molecule has 0 saturated heterocycles. The summed E-state index contributed by atoms with van der Waals surface area (Å²) in [7, 11) is 1.58. The molecule has 0 saturated carbocycles. The van der Waals surface area contributed by atoms with Crippen molar-refractivity contribution < 1.29 is 9.47 Å². The SMILES string of the molecule is COc1cc(CCl)cc(Cl)c1OC(C)C. The number of ether oxygens (including phenoxy) is 2. The molecule has 1 aromatic carbocycles. The second-order valence-electron chi connectivity index (χ2n) is 3.41. The molecular weight excluding hydrogens is 235 g/mol. The van der Waals surface area contributed by atoms with Crippen LogP contribution >= 0.6 is 23.2 Å². The molecular formula is C11H14Cl2O2. The zero-order valence-electron chi connectivity index (χ0n) is 9.01. The van der Waals surface area contributed by atoms with Gasteiger partial charge in [-0.25, -0.2) is 0 Å². The van der Waals surface area contributed by atoms with Gasteiger partial charge in [0, 0.05) is 5.88 Å². The summed E-state index contributed by atoms with van der Waals surface area (Å²) in [6, 6.07) is 3.62. The molecule has 0 N–H and O–H groups in total. The van der Waals surface area contributed by atoms with E-state index in [1.807, 2.05) is 19.9 Å². The molecule has 0 aliphatic carbocycles. The molecule has 1 rings (SSSR count). The van der Waals surface area contributed by atoms with Crippen molar-refractivity contribution in [3.05, 3.63) is 22.7 Å². The lowest BCUT2D eigenvalue weighted by Crippen LogP contribution is -2.07. The minimum atomic E-state index is 0.0539. The zero-order valence-corrected chi connectivity index (χ0v) is 10.5. The van der Waals surface area contributed by atoms with Crippen LogP contribution in [0.3, 0.4) is 0 Å². The predicted octanol–water partition coefficient (Wildman–Crippen LogP) is 3.87. The van der Waals surface area contributed by atoms with Gasteiger partial charge < -0.3 is 9.47 Å². The topological polar surface area (TPSA) is 18.5 Å². The Morgan fingerprint density at radius 1 is 1.33 bits per heavy atom. The van der Waals surface area contributed by atoms with Crippen molar-refractivity contribution >= 4 is 23.2 Å². The van der Waals surface area contributed by atoms with Crippen molar-refractivity contribution in [1.29, 1.82) is 0 Å². The average Bonchev–Trinajstić information content (AvgIpc) is 2.20. The summed E-state index contributed by atoms with van der Waals surface area (Å²) in [5.74, 6) is 1.59. The Hall–Kier alpha value is -0.600. The Labute approximate surface area is 100 Å². The fourth-order valence-electron chi connectivity index (χ4n) is 1.20. The Balaban J connectivity index is 3.12. The number of alkyl halides is 1. The van der Waals surface area contributed by atoms with Crippen LogP contribution in [0.25, 0.3) is 0 Å². The highest BCUT2D eigenvalue weighted by Gasteiger charge is 2.12. The first-order chi connectivity index (χ1) is 7.08. The molecule has 15 heavy (non-hydrogen) atoms. The highest BCUT2D eigenvalue weighted by atomic mass is 35.5. The molecule has 0 spiro atoms. The molecule has 1 aromatic rings. The van der Waals surface area contributed by atoms with Crippen LogP contribution in [0.5, 0.6) is 11.5 Å². The molecule has 4 heteroatoms. The van der Waals surface area contributed by atoms with E-state index in [0.29, 0.717) is 22.4 Å². The van der Waals surface area contributed by atoms with Gasteiger partial charge in [-0.05, 0) is 31.5 Å². The maximum atomic E-state index is 6.07.